The quantitative estimate of drug-likeness (QED) is 0.806. The maximum Gasteiger partial charge on any atom is 0.422 e. The van der Waals surface area contributed by atoms with Crippen molar-refractivity contribution in [2.75, 3.05) is 13.2 Å². The number of hydrogen-bond donors (Lipinski definition) is 1. The smallest absolute Gasteiger partial charge is 0.422 e. The number of ether oxygens (including phenoxy) is 2. The molecule has 0 atom stereocenters. The van der Waals surface area contributed by atoms with E-state index in [4.69, 9.17) is 4.74 Å². The first-order chi connectivity index (χ1) is 12.2. The lowest BCUT2D eigenvalue weighted by atomic mass is 10.1. The van der Waals surface area contributed by atoms with E-state index in [1.54, 1.807) is 18.2 Å². The molecule has 0 radical (unpaired) electrons. The molecule has 2 aromatic rings. The molecule has 7 heteroatoms. The first-order valence-corrected chi connectivity index (χ1v) is 7.98. The van der Waals surface area contributed by atoms with E-state index in [9.17, 15) is 18.0 Å². The molecule has 2 aromatic carbocycles. The SMILES string of the molecule is Cc1ccc(OCC(=O)NCc2ccc(OCC(F)(F)F)cc2)cc1C. The monoisotopic (exact) mass is 367 g/mol. The van der Waals surface area contributed by atoms with Gasteiger partial charge in [0.05, 0.1) is 0 Å². The fourth-order valence-electron chi connectivity index (χ4n) is 2.07. The highest BCUT2D eigenvalue weighted by Gasteiger charge is 2.28. The standard InChI is InChI=1S/C19H20F3NO3/c1-13-3-6-17(9-14(13)2)25-11-18(24)23-10-15-4-7-16(8-5-15)26-12-19(20,21)22/h3-9H,10-12H2,1-2H3,(H,23,24). The van der Waals surface area contributed by atoms with Gasteiger partial charge in [-0.1, -0.05) is 18.2 Å². The van der Waals surface area contributed by atoms with Gasteiger partial charge in [-0.05, 0) is 54.8 Å². The van der Waals surface area contributed by atoms with Gasteiger partial charge in [0.15, 0.2) is 13.2 Å². The predicted molar refractivity (Wildman–Crippen MR) is 91.2 cm³/mol. The Balaban J connectivity index is 1.75. The zero-order valence-corrected chi connectivity index (χ0v) is 14.5. The molecule has 0 aliphatic heterocycles. The van der Waals surface area contributed by atoms with E-state index in [-0.39, 0.29) is 24.8 Å². The third kappa shape index (κ3) is 6.66. The van der Waals surface area contributed by atoms with Crippen molar-refractivity contribution in [2.45, 2.75) is 26.6 Å². The largest absolute Gasteiger partial charge is 0.484 e. The highest BCUT2D eigenvalue weighted by molar-refractivity contribution is 5.77. The fourth-order valence-corrected chi connectivity index (χ4v) is 2.07. The van der Waals surface area contributed by atoms with Gasteiger partial charge >= 0.3 is 6.18 Å². The summed E-state index contributed by atoms with van der Waals surface area (Å²) in [6.07, 6.45) is -4.37. The predicted octanol–water partition coefficient (Wildman–Crippen LogP) is 3.94. The van der Waals surface area contributed by atoms with Crippen LogP contribution in [0.25, 0.3) is 0 Å². The summed E-state index contributed by atoms with van der Waals surface area (Å²) in [4.78, 5) is 11.8. The molecule has 26 heavy (non-hydrogen) atoms. The van der Waals surface area contributed by atoms with Crippen LogP contribution in [0.1, 0.15) is 16.7 Å². The highest BCUT2D eigenvalue weighted by Crippen LogP contribution is 2.19. The Morgan fingerprint density at radius 3 is 2.23 bits per heavy atom. The number of nitrogens with one attached hydrogen (secondary N) is 1. The van der Waals surface area contributed by atoms with Gasteiger partial charge < -0.3 is 14.8 Å². The Hall–Kier alpha value is -2.70. The molecule has 0 saturated carbocycles. The molecule has 0 aliphatic rings. The maximum atomic E-state index is 12.1. The van der Waals surface area contributed by atoms with Crippen LogP contribution >= 0.6 is 0 Å². The Morgan fingerprint density at radius 1 is 0.962 bits per heavy atom. The number of carbonyl (C=O) groups excluding carboxylic acids is 1. The second-order valence-electron chi connectivity index (χ2n) is 5.86. The Kier molecular flexibility index (Phi) is 6.49. The molecular formula is C19H20F3NO3. The van der Waals surface area contributed by atoms with Gasteiger partial charge in [0, 0.05) is 6.54 Å². The number of rotatable bonds is 7. The van der Waals surface area contributed by atoms with Gasteiger partial charge in [-0.25, -0.2) is 0 Å². The van der Waals surface area contributed by atoms with E-state index in [1.165, 1.54) is 12.1 Å². The summed E-state index contributed by atoms with van der Waals surface area (Å²) in [5, 5.41) is 2.69. The van der Waals surface area contributed by atoms with E-state index in [0.29, 0.717) is 5.75 Å². The van der Waals surface area contributed by atoms with Crippen LogP contribution in [0.5, 0.6) is 11.5 Å². The minimum absolute atomic E-state index is 0.116. The van der Waals surface area contributed by atoms with Crippen LogP contribution in [0.3, 0.4) is 0 Å². The van der Waals surface area contributed by atoms with Gasteiger partial charge in [-0.2, -0.15) is 13.2 Å². The normalized spacial score (nSPS) is 11.1. The molecule has 0 fully saturated rings. The molecule has 0 saturated heterocycles. The van der Waals surface area contributed by atoms with Gasteiger partial charge in [-0.15, -0.1) is 0 Å². The summed E-state index contributed by atoms with van der Waals surface area (Å²) in [6.45, 7) is 2.75. The van der Waals surface area contributed by atoms with E-state index in [0.717, 1.165) is 16.7 Å². The van der Waals surface area contributed by atoms with Crippen molar-refractivity contribution in [1.29, 1.82) is 0 Å². The second-order valence-corrected chi connectivity index (χ2v) is 5.86. The molecule has 0 unspecified atom stereocenters. The van der Waals surface area contributed by atoms with Crippen molar-refractivity contribution in [3.63, 3.8) is 0 Å². The molecule has 2 rings (SSSR count). The van der Waals surface area contributed by atoms with Gasteiger partial charge in [0.2, 0.25) is 0 Å². The van der Waals surface area contributed by atoms with Crippen molar-refractivity contribution in [2.24, 2.45) is 0 Å². The second kappa shape index (κ2) is 8.60. The molecule has 0 spiro atoms. The summed E-state index contributed by atoms with van der Waals surface area (Å²) in [6, 6.07) is 11.6. The van der Waals surface area contributed by atoms with E-state index < -0.39 is 12.8 Å². The summed E-state index contributed by atoms with van der Waals surface area (Å²) in [5.41, 5.74) is 2.96. The molecule has 0 bridgehead atoms. The van der Waals surface area contributed by atoms with E-state index >= 15 is 0 Å². The van der Waals surface area contributed by atoms with Crippen molar-refractivity contribution >= 4 is 5.91 Å². The molecule has 0 aliphatic carbocycles. The number of halogens is 3. The lowest BCUT2D eigenvalue weighted by Gasteiger charge is -2.11. The average Bonchev–Trinajstić information content (AvgIpc) is 2.59. The number of carbonyl (C=O) groups is 1. The summed E-state index contributed by atoms with van der Waals surface area (Å²) < 4.78 is 46.3. The third-order valence-electron chi connectivity index (χ3n) is 3.66. The number of hydrogen-bond acceptors (Lipinski definition) is 3. The lowest BCUT2D eigenvalue weighted by Crippen LogP contribution is -2.28. The summed E-state index contributed by atoms with van der Waals surface area (Å²) in [5.74, 6) is 0.450. The molecule has 1 amide bonds. The lowest BCUT2D eigenvalue weighted by molar-refractivity contribution is -0.153. The van der Waals surface area contributed by atoms with Crippen molar-refractivity contribution < 1.29 is 27.4 Å². The van der Waals surface area contributed by atoms with Crippen molar-refractivity contribution in [1.82, 2.24) is 5.32 Å². The molecule has 140 valence electrons. The van der Waals surface area contributed by atoms with Gasteiger partial charge in [-0.3, -0.25) is 4.79 Å². The minimum Gasteiger partial charge on any atom is -0.484 e. The van der Waals surface area contributed by atoms with Crippen LogP contribution in [0.2, 0.25) is 0 Å². The number of aryl methyl sites for hydroxylation is 2. The fraction of sp³-hybridized carbons (Fsp3) is 0.316. The third-order valence-corrected chi connectivity index (χ3v) is 3.66. The van der Waals surface area contributed by atoms with Crippen LogP contribution in [0, 0.1) is 13.8 Å². The van der Waals surface area contributed by atoms with Crippen LogP contribution in [-0.4, -0.2) is 25.3 Å². The topological polar surface area (TPSA) is 47.6 Å². The Bertz CT molecular complexity index is 743. The summed E-state index contributed by atoms with van der Waals surface area (Å²) in [7, 11) is 0. The Morgan fingerprint density at radius 2 is 1.62 bits per heavy atom. The zero-order chi connectivity index (χ0) is 19.2. The first kappa shape index (κ1) is 19.6. The first-order valence-electron chi connectivity index (χ1n) is 7.98. The minimum atomic E-state index is -4.37. The van der Waals surface area contributed by atoms with Crippen LogP contribution < -0.4 is 14.8 Å². The average molecular weight is 367 g/mol. The number of amides is 1. The van der Waals surface area contributed by atoms with Gasteiger partial charge in [0.1, 0.15) is 11.5 Å². The number of benzene rings is 2. The highest BCUT2D eigenvalue weighted by atomic mass is 19.4. The van der Waals surface area contributed by atoms with E-state index in [2.05, 4.69) is 10.1 Å². The molecule has 1 N–H and O–H groups in total. The van der Waals surface area contributed by atoms with Crippen molar-refractivity contribution in [3.05, 3.63) is 59.2 Å². The van der Waals surface area contributed by atoms with Crippen molar-refractivity contribution in [3.8, 4) is 11.5 Å². The van der Waals surface area contributed by atoms with Gasteiger partial charge in [0.25, 0.3) is 5.91 Å². The zero-order valence-electron chi connectivity index (χ0n) is 14.5. The van der Waals surface area contributed by atoms with E-state index in [1.807, 2.05) is 26.0 Å². The molecule has 4 nitrogen and oxygen atoms in total. The van der Waals surface area contributed by atoms with Crippen LogP contribution in [0.15, 0.2) is 42.5 Å². The van der Waals surface area contributed by atoms with Crippen LogP contribution in [-0.2, 0) is 11.3 Å². The molecule has 0 aromatic heterocycles. The van der Waals surface area contributed by atoms with Crippen LogP contribution in [0.4, 0.5) is 13.2 Å². The Labute approximate surface area is 149 Å². The summed E-state index contributed by atoms with van der Waals surface area (Å²) >= 11 is 0. The molecule has 0 heterocycles. The molecular weight excluding hydrogens is 347 g/mol. The maximum absolute atomic E-state index is 12.1. The number of alkyl halides is 3.